The molecular formula is C5H10O. The first-order valence-corrected chi connectivity index (χ1v) is 1.67. The van der Waals surface area contributed by atoms with Gasteiger partial charge >= 0.3 is 0 Å². The molecule has 36 valence electrons. The van der Waals surface area contributed by atoms with Crippen molar-refractivity contribution in [3.63, 3.8) is 0 Å². The minimum atomic E-state index is 1.00. The van der Waals surface area contributed by atoms with Crippen molar-refractivity contribution in [1.29, 1.82) is 0 Å². The van der Waals surface area contributed by atoms with Gasteiger partial charge in [-0.15, -0.1) is 13.2 Å². The molecule has 6 heavy (non-hydrogen) atoms. The Kier molecular flexibility index (Phi) is 42.1. The summed E-state index contributed by atoms with van der Waals surface area (Å²) in [5, 5.41) is 7.69. The largest absolute Gasteiger partial charge is 0.516 e. The fourth-order valence-corrected chi connectivity index (χ4v) is 0. The average Bonchev–Trinajstić information content (AvgIpc) is 1.72. The van der Waals surface area contributed by atoms with Crippen LogP contribution in [0.25, 0.3) is 0 Å². The predicted octanol–water partition coefficient (Wildman–Crippen LogP) is 1.88. The zero-order chi connectivity index (χ0) is 5.41. The summed E-state index contributed by atoms with van der Waals surface area (Å²) in [6.07, 6.45) is 2.56. The van der Waals surface area contributed by atoms with Gasteiger partial charge in [0.2, 0.25) is 0 Å². The van der Waals surface area contributed by atoms with E-state index in [-0.39, 0.29) is 0 Å². The first-order valence-electron chi connectivity index (χ1n) is 1.67. The zero-order valence-corrected chi connectivity index (χ0v) is 4.02. The average molecular weight is 86.1 g/mol. The molecule has 0 fully saturated rings. The summed E-state index contributed by atoms with van der Waals surface area (Å²) < 4.78 is 0. The molecular weight excluding hydrogens is 76.1 g/mol. The van der Waals surface area contributed by atoms with Crippen molar-refractivity contribution in [2.75, 3.05) is 0 Å². The van der Waals surface area contributed by atoms with Gasteiger partial charge in [-0.2, -0.15) is 0 Å². The van der Waals surface area contributed by atoms with Crippen LogP contribution in [0.15, 0.2) is 25.5 Å². The van der Waals surface area contributed by atoms with Crippen molar-refractivity contribution >= 4 is 0 Å². The lowest BCUT2D eigenvalue weighted by Gasteiger charge is -1.53. The molecule has 0 spiro atoms. The molecule has 0 atom stereocenters. The van der Waals surface area contributed by atoms with Crippen LogP contribution in [0.1, 0.15) is 6.92 Å². The van der Waals surface area contributed by atoms with E-state index >= 15 is 0 Å². The van der Waals surface area contributed by atoms with Gasteiger partial charge in [-0.1, -0.05) is 6.08 Å². The topological polar surface area (TPSA) is 20.2 Å². The molecule has 0 heterocycles. The van der Waals surface area contributed by atoms with Crippen LogP contribution in [0.5, 0.6) is 0 Å². The molecule has 1 nitrogen and oxygen atoms in total. The summed E-state index contributed by atoms with van der Waals surface area (Å²) in [5.41, 5.74) is 0. The van der Waals surface area contributed by atoms with Crippen LogP contribution in [0.4, 0.5) is 0 Å². The monoisotopic (exact) mass is 86.1 g/mol. The number of aliphatic hydroxyl groups is 1. The van der Waals surface area contributed by atoms with Crippen molar-refractivity contribution < 1.29 is 5.11 Å². The molecule has 1 heteroatoms. The Morgan fingerprint density at radius 2 is 1.67 bits per heavy atom. The first-order chi connectivity index (χ1) is 2.91. The van der Waals surface area contributed by atoms with E-state index in [2.05, 4.69) is 13.2 Å². The van der Waals surface area contributed by atoms with Crippen molar-refractivity contribution in [2.45, 2.75) is 6.92 Å². The molecule has 0 rings (SSSR count). The van der Waals surface area contributed by atoms with Gasteiger partial charge in [-0.25, -0.2) is 0 Å². The highest BCUT2D eigenvalue weighted by Gasteiger charge is 1.35. The zero-order valence-electron chi connectivity index (χ0n) is 4.02. The lowest BCUT2D eigenvalue weighted by molar-refractivity contribution is 0.472. The van der Waals surface area contributed by atoms with Crippen molar-refractivity contribution in [3.05, 3.63) is 25.5 Å². The third-order valence-electron chi connectivity index (χ3n) is 0.149. The van der Waals surface area contributed by atoms with Gasteiger partial charge in [0.15, 0.2) is 0 Å². The van der Waals surface area contributed by atoms with Crippen molar-refractivity contribution in [3.8, 4) is 0 Å². The predicted molar refractivity (Wildman–Crippen MR) is 28.7 cm³/mol. The van der Waals surface area contributed by atoms with Crippen LogP contribution in [0.2, 0.25) is 0 Å². The fourth-order valence-electron chi connectivity index (χ4n) is 0. The van der Waals surface area contributed by atoms with Crippen LogP contribution >= 0.6 is 0 Å². The molecule has 0 aromatic carbocycles. The smallest absolute Gasteiger partial charge is 0.0748 e. The second kappa shape index (κ2) is 28.1. The SMILES string of the molecule is C/C=C/O.C=C. The Labute approximate surface area is 38.6 Å². The Bertz CT molecular complexity index is 26.9. The maximum absolute atomic E-state index is 7.69. The summed E-state index contributed by atoms with van der Waals surface area (Å²) >= 11 is 0. The highest BCUT2D eigenvalue weighted by Crippen LogP contribution is 1.51. The third-order valence-corrected chi connectivity index (χ3v) is 0.149. The van der Waals surface area contributed by atoms with E-state index in [1.807, 2.05) is 0 Å². The van der Waals surface area contributed by atoms with Gasteiger partial charge in [0.05, 0.1) is 6.26 Å². The molecule has 0 aliphatic carbocycles. The number of allylic oxidation sites excluding steroid dienone is 1. The van der Waals surface area contributed by atoms with Gasteiger partial charge in [-0.3, -0.25) is 0 Å². The summed E-state index contributed by atoms with van der Waals surface area (Å²) in [4.78, 5) is 0. The van der Waals surface area contributed by atoms with E-state index in [4.69, 9.17) is 5.11 Å². The molecule has 0 amide bonds. The normalized spacial score (nSPS) is 6.83. The standard InChI is InChI=1S/C3H6O.C2H4/c1-2-3-4;1-2/h2-4H,1H3;1-2H2/b3-2+;. The Morgan fingerprint density at radius 1 is 1.50 bits per heavy atom. The van der Waals surface area contributed by atoms with E-state index < -0.39 is 0 Å². The Morgan fingerprint density at radius 3 is 1.67 bits per heavy atom. The molecule has 0 radical (unpaired) electrons. The van der Waals surface area contributed by atoms with Crippen LogP contribution in [0.3, 0.4) is 0 Å². The summed E-state index contributed by atoms with van der Waals surface area (Å²) in [5.74, 6) is 0. The number of aliphatic hydroxyl groups excluding tert-OH is 1. The van der Waals surface area contributed by atoms with Gasteiger partial charge < -0.3 is 5.11 Å². The minimum absolute atomic E-state index is 1.00. The van der Waals surface area contributed by atoms with E-state index in [1.54, 1.807) is 13.0 Å². The van der Waals surface area contributed by atoms with Gasteiger partial charge in [0, 0.05) is 0 Å². The van der Waals surface area contributed by atoms with Crippen LogP contribution in [-0.2, 0) is 0 Å². The van der Waals surface area contributed by atoms with Crippen LogP contribution < -0.4 is 0 Å². The number of hydrogen-bond acceptors (Lipinski definition) is 1. The van der Waals surface area contributed by atoms with Crippen molar-refractivity contribution in [2.24, 2.45) is 0 Å². The fraction of sp³-hybridized carbons (Fsp3) is 0.200. The second-order valence-corrected chi connectivity index (χ2v) is 0.482. The quantitative estimate of drug-likeness (QED) is 0.352. The lowest BCUT2D eigenvalue weighted by Crippen LogP contribution is -1.36. The number of hydrogen-bond donors (Lipinski definition) is 1. The van der Waals surface area contributed by atoms with Crippen molar-refractivity contribution in [1.82, 2.24) is 0 Å². The lowest BCUT2D eigenvalue weighted by atomic mass is 10.8. The molecule has 0 aliphatic rings. The highest BCUT2D eigenvalue weighted by atomic mass is 16.2. The Balaban J connectivity index is 0. The highest BCUT2D eigenvalue weighted by molar-refractivity contribution is 4.60. The molecule has 0 aromatic heterocycles. The third kappa shape index (κ3) is 217. The summed E-state index contributed by atoms with van der Waals surface area (Å²) in [6.45, 7) is 7.75. The Hall–Kier alpha value is -0.720. The van der Waals surface area contributed by atoms with E-state index in [9.17, 15) is 0 Å². The van der Waals surface area contributed by atoms with Gasteiger partial charge in [0.25, 0.3) is 0 Å². The van der Waals surface area contributed by atoms with Gasteiger partial charge in [-0.05, 0) is 6.92 Å². The van der Waals surface area contributed by atoms with Crippen LogP contribution in [0, 0.1) is 0 Å². The molecule has 0 aromatic rings. The molecule has 0 saturated carbocycles. The molecule has 0 unspecified atom stereocenters. The number of rotatable bonds is 0. The summed E-state index contributed by atoms with van der Waals surface area (Å²) in [6, 6.07) is 0. The molecule has 1 N–H and O–H groups in total. The maximum atomic E-state index is 7.69. The molecule has 0 aliphatic heterocycles. The molecule has 0 bridgehead atoms. The maximum Gasteiger partial charge on any atom is 0.0748 e. The first kappa shape index (κ1) is 8.99. The molecule has 0 saturated heterocycles. The van der Waals surface area contributed by atoms with Gasteiger partial charge in [0.1, 0.15) is 0 Å². The summed E-state index contributed by atoms with van der Waals surface area (Å²) in [7, 11) is 0. The van der Waals surface area contributed by atoms with E-state index in [1.165, 1.54) is 0 Å². The van der Waals surface area contributed by atoms with E-state index in [0.717, 1.165) is 6.26 Å². The minimum Gasteiger partial charge on any atom is -0.516 e. The van der Waals surface area contributed by atoms with E-state index in [0.29, 0.717) is 0 Å². The second-order valence-electron chi connectivity index (χ2n) is 0.482. The van der Waals surface area contributed by atoms with Crippen LogP contribution in [-0.4, -0.2) is 5.11 Å².